The molecule has 2 atom stereocenters. The molecular formula is C143H96N6. The van der Waals surface area contributed by atoms with Gasteiger partial charge in [0, 0.05) is 92.3 Å². The summed E-state index contributed by atoms with van der Waals surface area (Å²) in [5.41, 5.74) is 35.3. The molecule has 6 heterocycles. The third-order valence-corrected chi connectivity index (χ3v) is 31.0. The molecule has 0 fully saturated rings. The van der Waals surface area contributed by atoms with Crippen molar-refractivity contribution < 1.29 is 0 Å². The van der Waals surface area contributed by atoms with E-state index in [2.05, 4.69) is 546 Å². The van der Waals surface area contributed by atoms with Crippen molar-refractivity contribution in [1.29, 1.82) is 0 Å². The molecule has 0 N–H and O–H groups in total. The number of anilines is 2. The van der Waals surface area contributed by atoms with Crippen molar-refractivity contribution in [2.45, 2.75) is 24.8 Å². The Labute approximate surface area is 863 Å². The van der Waals surface area contributed by atoms with Crippen LogP contribution in [0.15, 0.2) is 547 Å². The van der Waals surface area contributed by atoms with Gasteiger partial charge in [0.1, 0.15) is 0 Å². The van der Waals surface area contributed by atoms with Gasteiger partial charge in [0.15, 0.2) is 0 Å². The Hall–Kier alpha value is -19.3. The molecular weight excluding hydrogens is 1800 g/mol. The number of hydrogen-bond acceptors (Lipinski definition) is 4. The van der Waals surface area contributed by atoms with Crippen LogP contribution in [0.2, 0.25) is 0 Å². The lowest BCUT2D eigenvalue weighted by atomic mass is 9.82. The Morgan fingerprint density at radius 3 is 1.15 bits per heavy atom. The summed E-state index contributed by atoms with van der Waals surface area (Å²) < 4.78 is 4.71. The fourth-order valence-electron chi connectivity index (χ4n) is 24.3. The molecule has 1 aliphatic heterocycles. The van der Waals surface area contributed by atoms with Gasteiger partial charge in [-0.3, -0.25) is 15.0 Å². The maximum atomic E-state index is 4.98. The Bertz CT molecular complexity index is 10100. The lowest BCUT2D eigenvalue weighted by molar-refractivity contribution is 0.746. The second kappa shape index (κ2) is 37.2. The SMILES string of the molecule is C1=CCCC(c2c3ccccc3c(-c3ccccc3)c3cc(C4=CC5c6cnccc6N(c6ccccc6)C5C=C4)ccc23)=C1.c1ccc(-c2c3ccccc3c(-c3ccccc3)c3cc(-c4ccc5c(c4)c4c(-c6ccccc6)nccc4n5-c4ccccc4)ccc23)cc1.c1ccc(-n2c3ccncc3c3cc(-c4ccc5c(-c6ccc7ccccc7c6)c6ccccc6c(-c6ccc7ccccc7c6)c5c4)ccc32)cc1. The topological polar surface area (TPSA) is 51.8 Å². The Morgan fingerprint density at radius 2 is 0.624 bits per heavy atom. The minimum atomic E-state index is 0.220. The van der Waals surface area contributed by atoms with Gasteiger partial charge in [-0.2, -0.15) is 0 Å². The fraction of sp³-hybridized carbons (Fsp3) is 0.0280. The first-order valence-electron chi connectivity index (χ1n) is 51.6. The number of para-hydroxylation sites is 3. The summed E-state index contributed by atoms with van der Waals surface area (Å²) in [7, 11) is 0. The maximum Gasteiger partial charge on any atom is 0.0802 e. The van der Waals surface area contributed by atoms with Gasteiger partial charge in [-0.15, -0.1) is 0 Å². The molecule has 0 radical (unpaired) electrons. The normalized spacial score (nSPS) is 13.7. The molecule has 30 rings (SSSR count). The minimum absolute atomic E-state index is 0.220. The minimum Gasteiger partial charge on any atom is -0.333 e. The van der Waals surface area contributed by atoms with Crippen LogP contribution in [0.4, 0.5) is 11.4 Å². The van der Waals surface area contributed by atoms with Gasteiger partial charge >= 0.3 is 0 Å². The summed E-state index contributed by atoms with van der Waals surface area (Å²) in [6.07, 6.45) is 25.9. The van der Waals surface area contributed by atoms with E-state index in [9.17, 15) is 0 Å². The van der Waals surface area contributed by atoms with E-state index in [1.165, 1.54) is 220 Å². The lowest BCUT2D eigenvalue weighted by Crippen LogP contribution is -2.28. The van der Waals surface area contributed by atoms with Crippen LogP contribution in [0, 0.1) is 0 Å². The fourth-order valence-corrected chi connectivity index (χ4v) is 24.3. The molecule has 27 aromatic rings. The van der Waals surface area contributed by atoms with Crippen LogP contribution >= 0.6 is 0 Å². The number of pyridine rings is 3. The molecule has 2 unspecified atom stereocenters. The first-order chi connectivity index (χ1) is 74.0. The highest BCUT2D eigenvalue weighted by molar-refractivity contribution is 6.26. The molecule has 5 aromatic heterocycles. The first-order valence-corrected chi connectivity index (χ1v) is 51.6. The lowest BCUT2D eigenvalue weighted by Gasteiger charge is -2.29. The Kier molecular flexibility index (Phi) is 21.8. The van der Waals surface area contributed by atoms with Crippen molar-refractivity contribution in [3.8, 4) is 101 Å². The summed E-state index contributed by atoms with van der Waals surface area (Å²) in [5, 5.41) is 24.9. The maximum absolute atomic E-state index is 4.98. The predicted molar refractivity (Wildman–Crippen MR) is 630 cm³/mol. The largest absolute Gasteiger partial charge is 0.333 e. The molecule has 3 aliphatic rings. The molecule has 6 heteroatoms. The van der Waals surface area contributed by atoms with Crippen LogP contribution in [0.5, 0.6) is 0 Å². The van der Waals surface area contributed by atoms with Gasteiger partial charge < -0.3 is 14.0 Å². The molecule has 2 aliphatic carbocycles. The van der Waals surface area contributed by atoms with Crippen LogP contribution < -0.4 is 4.90 Å². The first kappa shape index (κ1) is 87.5. The van der Waals surface area contributed by atoms with E-state index in [0.717, 1.165) is 62.8 Å². The van der Waals surface area contributed by atoms with Crippen molar-refractivity contribution >= 4 is 152 Å². The second-order valence-electron chi connectivity index (χ2n) is 39.3. The van der Waals surface area contributed by atoms with Crippen molar-refractivity contribution in [2.24, 2.45) is 0 Å². The Balaban J connectivity index is 0.000000108. The smallest absolute Gasteiger partial charge is 0.0802 e. The summed E-state index contributed by atoms with van der Waals surface area (Å²) in [4.78, 5) is 16.5. The average Bonchev–Trinajstić information content (AvgIpc) is 1.71. The van der Waals surface area contributed by atoms with Crippen molar-refractivity contribution in [1.82, 2.24) is 24.1 Å². The molecule has 149 heavy (non-hydrogen) atoms. The molecule has 0 saturated carbocycles. The standard InChI is InChI=1S/C51H32N2.C49H32N2.C43H32N2/c1-2-14-41(15-3-1)53-48-25-23-38(30-45(48)47-32-52-27-26-49(47)53)37-22-24-44-46(31-37)51(40-21-19-34-11-5-7-13-36(34)29-40)43-17-9-8-16-42(43)50(44)39-20-18-33-10-4-6-12-35(33)28-39;1-5-15-33(16-6-1)46-39-23-13-14-24-40(39)47(34-17-7-2-8-18-34)42-31-36(25-27-41(42)46)37-26-28-44-43(32-37)48-45(51(44)38-21-11-4-12-22-38)29-30-50-49(48)35-19-9-3-10-20-35;1-4-12-29(13-5-1)42-34-18-10-11-19-35(34)43(30-14-6-2-7-15-30)38-27-31(20-22-36(38)42)32-21-23-40-37(26-32)39-28-44-25-24-41(39)45(40)33-16-8-3-9-17-33/h1-32H;1-32H;1-4,6-12,14-28,37,40H,5,13H2. The highest BCUT2D eigenvalue weighted by Crippen LogP contribution is 2.54. The number of fused-ring (bicyclic) bond motifs is 17. The van der Waals surface area contributed by atoms with Crippen molar-refractivity contribution in [3.63, 3.8) is 0 Å². The molecule has 0 spiro atoms. The molecule has 0 bridgehead atoms. The number of hydrogen-bond donors (Lipinski definition) is 0. The Morgan fingerprint density at radius 1 is 0.248 bits per heavy atom. The van der Waals surface area contributed by atoms with Crippen LogP contribution in [-0.2, 0) is 0 Å². The zero-order valence-corrected chi connectivity index (χ0v) is 81.7. The predicted octanol–water partition coefficient (Wildman–Crippen LogP) is 38.0. The summed E-state index contributed by atoms with van der Waals surface area (Å²) >= 11 is 0. The zero-order chi connectivity index (χ0) is 98.4. The average molecular weight is 1900 g/mol. The number of rotatable bonds is 13. The van der Waals surface area contributed by atoms with Gasteiger partial charge in [-0.25, -0.2) is 0 Å². The number of benzene rings is 22. The van der Waals surface area contributed by atoms with E-state index in [4.69, 9.17) is 4.98 Å². The van der Waals surface area contributed by atoms with Crippen LogP contribution in [0.25, 0.3) is 241 Å². The number of nitrogens with zero attached hydrogens (tertiary/aromatic N) is 6. The second-order valence-corrected chi connectivity index (χ2v) is 39.3. The van der Waals surface area contributed by atoms with E-state index < -0.39 is 0 Å². The van der Waals surface area contributed by atoms with Crippen molar-refractivity contribution in [3.05, 3.63) is 563 Å². The third kappa shape index (κ3) is 15.3. The highest BCUT2D eigenvalue weighted by atomic mass is 15.2. The van der Waals surface area contributed by atoms with Crippen LogP contribution in [-0.4, -0.2) is 30.1 Å². The van der Waals surface area contributed by atoms with Gasteiger partial charge in [-0.05, 0) is 308 Å². The highest BCUT2D eigenvalue weighted by Gasteiger charge is 2.39. The quantitative estimate of drug-likeness (QED) is 0.108. The van der Waals surface area contributed by atoms with Gasteiger partial charge in [0.25, 0.3) is 0 Å². The molecule has 6 nitrogen and oxygen atoms in total. The third-order valence-electron chi connectivity index (χ3n) is 31.0. The van der Waals surface area contributed by atoms with Gasteiger partial charge in [0.05, 0.1) is 33.8 Å². The zero-order valence-electron chi connectivity index (χ0n) is 81.7. The molecule has 0 amide bonds. The van der Waals surface area contributed by atoms with E-state index in [1.807, 2.05) is 24.8 Å². The van der Waals surface area contributed by atoms with Crippen molar-refractivity contribution in [2.75, 3.05) is 4.90 Å². The summed E-state index contributed by atoms with van der Waals surface area (Å²) in [5.74, 6) is 0.226. The molecule has 698 valence electrons. The van der Waals surface area contributed by atoms with E-state index in [1.54, 1.807) is 0 Å². The monoisotopic (exact) mass is 1900 g/mol. The van der Waals surface area contributed by atoms with Crippen LogP contribution in [0.1, 0.15) is 35.4 Å². The molecule has 0 saturated heterocycles. The summed E-state index contributed by atoms with van der Waals surface area (Å²) in [6, 6.07) is 175. The molecule has 22 aromatic carbocycles. The van der Waals surface area contributed by atoms with Crippen LogP contribution in [0.3, 0.4) is 0 Å². The van der Waals surface area contributed by atoms with E-state index >= 15 is 0 Å². The van der Waals surface area contributed by atoms with E-state index in [0.29, 0.717) is 0 Å². The summed E-state index contributed by atoms with van der Waals surface area (Å²) in [6.45, 7) is 0. The number of aromatic nitrogens is 5. The van der Waals surface area contributed by atoms with Gasteiger partial charge in [-0.1, -0.05) is 407 Å². The number of allylic oxidation sites excluding steroid dienone is 6. The van der Waals surface area contributed by atoms with E-state index in [-0.39, 0.29) is 12.0 Å². The van der Waals surface area contributed by atoms with Gasteiger partial charge in [0.2, 0.25) is 0 Å².